The molecule has 0 N–H and O–H groups in total. The summed E-state index contributed by atoms with van der Waals surface area (Å²) in [7, 11) is 0.509. The Balaban J connectivity index is 1.79. The minimum absolute atomic E-state index is 0.0941. The Morgan fingerprint density at radius 2 is 2.38 bits per heavy atom. The van der Waals surface area contributed by atoms with E-state index in [2.05, 4.69) is 10.2 Å². The van der Waals surface area contributed by atoms with Crippen molar-refractivity contribution in [2.75, 3.05) is 32.6 Å². The van der Waals surface area contributed by atoms with Crippen molar-refractivity contribution in [1.82, 2.24) is 19.7 Å². The van der Waals surface area contributed by atoms with E-state index in [1.807, 2.05) is 0 Å². The number of quaternary nitrogens is 1. The van der Waals surface area contributed by atoms with Crippen molar-refractivity contribution in [3.63, 3.8) is 0 Å². The van der Waals surface area contributed by atoms with Crippen molar-refractivity contribution >= 4 is 33.2 Å². The number of carbonyl (C=O) groups excluding carboxylic acids is 1. The first-order chi connectivity index (χ1) is 11.4. The maximum absolute atomic E-state index is 13.3. The Kier molecular flexibility index (Phi) is 5.27. The molecule has 0 bridgehead atoms. The molecule has 4 atom stereocenters. The number of aromatic nitrogens is 2. The van der Waals surface area contributed by atoms with E-state index >= 15 is 0 Å². The van der Waals surface area contributed by atoms with Crippen LogP contribution in [0, 0.1) is 5.21 Å². The van der Waals surface area contributed by atoms with Gasteiger partial charge in [0.1, 0.15) is 6.67 Å². The van der Waals surface area contributed by atoms with Gasteiger partial charge < -0.3 is 14.7 Å². The van der Waals surface area contributed by atoms with Crippen LogP contribution in [0.2, 0.25) is 0 Å². The number of likely N-dealkylation sites (N-methyl/N-ethyl adjacent to an activating group) is 1. The van der Waals surface area contributed by atoms with E-state index in [-0.39, 0.29) is 11.8 Å². The van der Waals surface area contributed by atoms with Gasteiger partial charge in [0.25, 0.3) is 6.23 Å². The summed E-state index contributed by atoms with van der Waals surface area (Å²) in [6.45, 7) is 2.70. The zero-order valence-corrected chi connectivity index (χ0v) is 15.2. The average molecular weight is 376 g/mol. The van der Waals surface area contributed by atoms with Gasteiger partial charge >= 0.3 is 11.1 Å². The zero-order chi connectivity index (χ0) is 17.3. The van der Waals surface area contributed by atoms with E-state index in [4.69, 9.17) is 9.47 Å². The van der Waals surface area contributed by atoms with Crippen LogP contribution in [0.5, 0.6) is 0 Å². The smallest absolute Gasteiger partial charge is 0.339 e. The summed E-state index contributed by atoms with van der Waals surface area (Å²) in [6.07, 6.45) is -0.104. The van der Waals surface area contributed by atoms with E-state index in [0.29, 0.717) is 29.7 Å². The van der Waals surface area contributed by atoms with Gasteiger partial charge in [-0.05, 0) is 31.2 Å². The molecule has 2 aliphatic rings. The quantitative estimate of drug-likeness (QED) is 0.414. The van der Waals surface area contributed by atoms with Gasteiger partial charge in [-0.15, -0.1) is 5.10 Å². The lowest BCUT2D eigenvalue weighted by molar-refractivity contribution is -0.164. The first kappa shape index (κ1) is 17.8. The Morgan fingerprint density at radius 3 is 3.04 bits per heavy atom. The molecule has 4 unspecified atom stereocenters. The number of esters is 1. The molecule has 3 rings (SSSR count). The number of hydrogen-bond acceptors (Lipinski definition) is 9. The van der Waals surface area contributed by atoms with Crippen LogP contribution >= 0.6 is 11.3 Å². The summed E-state index contributed by atoms with van der Waals surface area (Å²) >= 11 is 1.01. The van der Waals surface area contributed by atoms with Crippen molar-refractivity contribution in [3.05, 3.63) is 5.21 Å². The Hall–Kier alpha value is -0.980. The summed E-state index contributed by atoms with van der Waals surface area (Å²) in [6, 6.07) is 0. The Bertz CT molecular complexity index is 636. The molecule has 134 valence electrons. The molecule has 2 aliphatic heterocycles. The highest BCUT2D eigenvalue weighted by Gasteiger charge is 2.46. The van der Waals surface area contributed by atoms with Crippen LogP contribution in [0.3, 0.4) is 0 Å². The van der Waals surface area contributed by atoms with Gasteiger partial charge in [0.05, 0.1) is 17.3 Å². The highest BCUT2D eigenvalue weighted by Crippen LogP contribution is 2.35. The van der Waals surface area contributed by atoms with Gasteiger partial charge in [-0.3, -0.25) is 8.86 Å². The Labute approximate surface area is 146 Å². The van der Waals surface area contributed by atoms with Crippen molar-refractivity contribution in [1.29, 1.82) is 0 Å². The molecule has 0 aliphatic carbocycles. The van der Waals surface area contributed by atoms with Crippen LogP contribution in [-0.2, 0) is 25.1 Å². The summed E-state index contributed by atoms with van der Waals surface area (Å²) in [4.78, 5) is 14.0. The molecule has 3 heterocycles. The van der Waals surface area contributed by atoms with Crippen molar-refractivity contribution < 1.29 is 18.5 Å². The molecule has 11 heteroatoms. The molecule has 9 nitrogen and oxygen atoms in total. The van der Waals surface area contributed by atoms with Crippen LogP contribution in [0.4, 0.5) is 5.13 Å². The summed E-state index contributed by atoms with van der Waals surface area (Å²) < 4.78 is 22.0. The monoisotopic (exact) mass is 376 g/mol. The second kappa shape index (κ2) is 7.10. The topological polar surface area (TPSA) is 105 Å². The third kappa shape index (κ3) is 3.37. The van der Waals surface area contributed by atoms with Crippen molar-refractivity contribution in [2.24, 2.45) is 0 Å². The van der Waals surface area contributed by atoms with Crippen LogP contribution in [0.25, 0.3) is 0 Å². The van der Waals surface area contributed by atoms with Crippen LogP contribution in [0.15, 0.2) is 4.34 Å². The normalized spacial score (nSPS) is 32.1. The second-order valence-electron chi connectivity index (χ2n) is 5.85. The largest absolute Gasteiger partial charge is 0.622 e. The molecule has 2 fully saturated rings. The molecular formula is C13H20N4O5S2. The van der Waals surface area contributed by atoms with Gasteiger partial charge in [-0.1, -0.05) is 12.0 Å². The molecule has 24 heavy (non-hydrogen) atoms. The predicted molar refractivity (Wildman–Crippen MR) is 88.4 cm³/mol. The van der Waals surface area contributed by atoms with Crippen LogP contribution in [0.1, 0.15) is 19.8 Å². The third-order valence-corrected chi connectivity index (χ3v) is 6.64. The lowest BCUT2D eigenvalue weighted by Crippen LogP contribution is -2.51. The molecule has 0 amide bonds. The van der Waals surface area contributed by atoms with Crippen molar-refractivity contribution in [2.45, 2.75) is 36.4 Å². The maximum Gasteiger partial charge on any atom is 0.339 e. The molecule has 0 spiro atoms. The number of ether oxygens (including phenoxy) is 2. The molecular weight excluding hydrogens is 356 g/mol. The molecule has 0 saturated carbocycles. The summed E-state index contributed by atoms with van der Waals surface area (Å²) in [5.41, 5.74) is 0. The van der Waals surface area contributed by atoms with E-state index in [0.717, 1.165) is 17.8 Å². The van der Waals surface area contributed by atoms with Gasteiger partial charge in [-0.2, -0.15) is 0 Å². The highest BCUT2D eigenvalue weighted by atomic mass is 32.2. The lowest BCUT2D eigenvalue weighted by Gasteiger charge is -2.38. The molecule has 0 aromatic carbocycles. The van der Waals surface area contributed by atoms with Gasteiger partial charge in [0.2, 0.25) is 4.34 Å². The Morgan fingerprint density at radius 1 is 1.58 bits per heavy atom. The lowest BCUT2D eigenvalue weighted by atomic mass is 10.2. The summed E-state index contributed by atoms with van der Waals surface area (Å²) in [5.74, 6) is -0.0989. The SMILES string of the molecule is CCS(=O)c1nnc([N+]2([O-])CN(C)CC2OC(=O)C2CCCO2)s1. The number of hydroxylamine groups is 2. The van der Waals surface area contributed by atoms with E-state index in [1.165, 1.54) is 0 Å². The predicted octanol–water partition coefficient (Wildman–Crippen LogP) is 0.422. The maximum atomic E-state index is 13.3. The van der Waals surface area contributed by atoms with Gasteiger partial charge in [0, 0.05) is 12.4 Å². The van der Waals surface area contributed by atoms with Crippen LogP contribution in [-0.4, -0.2) is 70.2 Å². The number of hydrogen-bond donors (Lipinski definition) is 0. The fourth-order valence-electron chi connectivity index (χ4n) is 2.76. The first-order valence-corrected chi connectivity index (χ1v) is 9.89. The summed E-state index contributed by atoms with van der Waals surface area (Å²) in [5, 5.41) is 21.2. The number of carbonyl (C=O) groups is 1. The molecule has 1 aromatic heterocycles. The fraction of sp³-hybridized carbons (Fsp3) is 0.769. The average Bonchev–Trinajstić information content (AvgIpc) is 3.27. The van der Waals surface area contributed by atoms with Gasteiger partial charge in [-0.25, -0.2) is 9.69 Å². The van der Waals surface area contributed by atoms with E-state index < -0.39 is 33.7 Å². The molecule has 0 radical (unpaired) electrons. The third-order valence-electron chi connectivity index (χ3n) is 4.01. The molecule has 1 aromatic rings. The second-order valence-corrected chi connectivity index (χ2v) is 8.72. The number of nitrogens with zero attached hydrogens (tertiary/aromatic N) is 4. The zero-order valence-electron chi connectivity index (χ0n) is 13.5. The first-order valence-electron chi connectivity index (χ1n) is 7.76. The highest BCUT2D eigenvalue weighted by molar-refractivity contribution is 7.87. The van der Waals surface area contributed by atoms with Crippen molar-refractivity contribution in [3.8, 4) is 0 Å². The van der Waals surface area contributed by atoms with E-state index in [9.17, 15) is 14.2 Å². The number of rotatable bonds is 5. The minimum Gasteiger partial charge on any atom is -0.622 e. The fourth-order valence-corrected chi connectivity index (χ4v) is 4.73. The minimum atomic E-state index is -1.27. The van der Waals surface area contributed by atoms with Crippen LogP contribution < -0.4 is 4.65 Å². The molecule has 2 saturated heterocycles. The standard InChI is InChI=1S/C13H20N4O5S2/c1-3-24(20)13-15-14-12(23-13)17(19)8-16(2)7-10(17)22-11(18)9-5-4-6-21-9/h9-10H,3-8H2,1-2H3. The van der Waals surface area contributed by atoms with Gasteiger partial charge in [0.15, 0.2) is 6.10 Å². The van der Waals surface area contributed by atoms with E-state index in [1.54, 1.807) is 18.9 Å².